The molecule has 0 bridgehead atoms. The number of carbonyl (C=O) groups excluding carboxylic acids is 1. The zero-order valence-corrected chi connectivity index (χ0v) is 19.3. The number of aryl methyl sites for hydroxylation is 1. The molecule has 180 valence electrons. The van der Waals surface area contributed by atoms with Crippen LogP contribution in [0, 0.1) is 5.92 Å². The van der Waals surface area contributed by atoms with E-state index in [2.05, 4.69) is 22.2 Å². The number of likely N-dealkylation sites (tertiary alicyclic amines) is 1. The number of alkyl halides is 3. The van der Waals surface area contributed by atoms with Gasteiger partial charge in [0.1, 0.15) is 0 Å². The Hall–Kier alpha value is -3.68. The molecule has 0 spiro atoms. The van der Waals surface area contributed by atoms with Crippen LogP contribution in [0.1, 0.15) is 34.3 Å². The molecule has 2 aromatic carbocycles. The predicted molar refractivity (Wildman–Crippen MR) is 128 cm³/mol. The molecule has 0 unspecified atom stereocenters. The summed E-state index contributed by atoms with van der Waals surface area (Å²) in [4.78, 5) is 20.0. The van der Waals surface area contributed by atoms with Crippen LogP contribution in [0.3, 0.4) is 0 Å². The molecule has 0 saturated carbocycles. The van der Waals surface area contributed by atoms with Gasteiger partial charge in [-0.2, -0.15) is 18.3 Å². The molecule has 8 heteroatoms. The second kappa shape index (κ2) is 9.17. The number of halogens is 3. The third kappa shape index (κ3) is 4.78. The Morgan fingerprint density at radius 2 is 1.71 bits per heavy atom. The lowest BCUT2D eigenvalue weighted by atomic mass is 9.90. The van der Waals surface area contributed by atoms with E-state index in [1.165, 1.54) is 17.7 Å². The summed E-state index contributed by atoms with van der Waals surface area (Å²) in [5.74, 6) is 0.428. The van der Waals surface area contributed by atoms with Gasteiger partial charge >= 0.3 is 6.18 Å². The van der Waals surface area contributed by atoms with Crippen LogP contribution < -0.4 is 0 Å². The van der Waals surface area contributed by atoms with E-state index in [1.54, 1.807) is 24.0 Å². The van der Waals surface area contributed by atoms with Crippen LogP contribution in [-0.4, -0.2) is 38.7 Å². The number of piperidine rings is 1. The maximum Gasteiger partial charge on any atom is 0.416 e. The van der Waals surface area contributed by atoms with Gasteiger partial charge in [0, 0.05) is 25.7 Å². The number of hydrogen-bond donors (Lipinski definition) is 0. The van der Waals surface area contributed by atoms with E-state index in [-0.39, 0.29) is 5.91 Å². The Bertz CT molecular complexity index is 1340. The van der Waals surface area contributed by atoms with Crippen molar-refractivity contribution in [3.05, 3.63) is 83.6 Å². The molecule has 1 aliphatic heterocycles. The van der Waals surface area contributed by atoms with Crippen LogP contribution in [0.15, 0.2) is 66.9 Å². The number of carbonyl (C=O) groups is 1. The highest BCUT2D eigenvalue weighted by Gasteiger charge is 2.30. The standard InChI is InChI=1S/C27H25F3N4O/c1-33-25-23(17-31-33)22(16-24(32-25)20-7-9-21(10-8-20)27(28,29)30)26(35)34-13-11-19(12-14-34)15-18-5-3-2-4-6-18/h2-10,16-17,19H,11-15H2,1H3. The first-order valence-electron chi connectivity index (χ1n) is 11.6. The van der Waals surface area contributed by atoms with Crippen molar-refractivity contribution in [2.24, 2.45) is 13.0 Å². The first-order chi connectivity index (χ1) is 16.8. The third-order valence-electron chi connectivity index (χ3n) is 6.71. The van der Waals surface area contributed by atoms with E-state index in [4.69, 9.17) is 0 Å². The number of nitrogens with zero attached hydrogens (tertiary/aromatic N) is 4. The van der Waals surface area contributed by atoms with E-state index < -0.39 is 11.7 Å². The molecule has 1 amide bonds. The Morgan fingerprint density at radius 1 is 1.03 bits per heavy atom. The van der Waals surface area contributed by atoms with Crippen molar-refractivity contribution in [2.45, 2.75) is 25.4 Å². The largest absolute Gasteiger partial charge is 0.416 e. The van der Waals surface area contributed by atoms with Gasteiger partial charge in [0.15, 0.2) is 5.65 Å². The van der Waals surface area contributed by atoms with Crippen molar-refractivity contribution >= 4 is 16.9 Å². The van der Waals surface area contributed by atoms with Crippen molar-refractivity contribution in [1.82, 2.24) is 19.7 Å². The van der Waals surface area contributed by atoms with Crippen LogP contribution in [0.5, 0.6) is 0 Å². The number of amides is 1. The zero-order chi connectivity index (χ0) is 24.6. The average molecular weight is 479 g/mol. The first-order valence-corrected chi connectivity index (χ1v) is 11.6. The second-order valence-electron chi connectivity index (χ2n) is 9.06. The molecule has 5 nitrogen and oxygen atoms in total. The molecular weight excluding hydrogens is 453 g/mol. The van der Waals surface area contributed by atoms with E-state index in [9.17, 15) is 18.0 Å². The SMILES string of the molecule is Cn1ncc2c(C(=O)N3CCC(Cc4ccccc4)CC3)cc(-c3ccc(C(F)(F)F)cc3)nc21. The first kappa shape index (κ1) is 23.1. The van der Waals surface area contributed by atoms with E-state index in [1.807, 2.05) is 23.1 Å². The number of pyridine rings is 1. The van der Waals surface area contributed by atoms with E-state index in [0.29, 0.717) is 46.9 Å². The minimum Gasteiger partial charge on any atom is -0.339 e. The van der Waals surface area contributed by atoms with Crippen LogP contribution in [-0.2, 0) is 19.6 Å². The highest BCUT2D eigenvalue weighted by molar-refractivity contribution is 6.06. The molecule has 0 atom stereocenters. The molecule has 0 aliphatic carbocycles. The van der Waals surface area contributed by atoms with Gasteiger partial charge in [-0.15, -0.1) is 0 Å². The van der Waals surface area contributed by atoms with Gasteiger partial charge in [0.25, 0.3) is 5.91 Å². The molecule has 0 N–H and O–H groups in total. The lowest BCUT2D eigenvalue weighted by Crippen LogP contribution is -2.39. The molecule has 5 rings (SSSR count). The summed E-state index contributed by atoms with van der Waals surface area (Å²) in [6, 6.07) is 16.9. The molecule has 0 radical (unpaired) electrons. The summed E-state index contributed by atoms with van der Waals surface area (Å²) in [5, 5.41) is 4.90. The third-order valence-corrected chi connectivity index (χ3v) is 6.71. The fourth-order valence-corrected chi connectivity index (χ4v) is 4.73. The highest BCUT2D eigenvalue weighted by Crippen LogP contribution is 2.32. The van der Waals surface area contributed by atoms with Crippen molar-refractivity contribution in [1.29, 1.82) is 0 Å². The molecule has 1 fully saturated rings. The number of benzene rings is 2. The van der Waals surface area contributed by atoms with Gasteiger partial charge in [-0.3, -0.25) is 9.48 Å². The summed E-state index contributed by atoms with van der Waals surface area (Å²) in [7, 11) is 1.73. The van der Waals surface area contributed by atoms with Gasteiger partial charge in [-0.05, 0) is 48.9 Å². The Balaban J connectivity index is 1.39. The molecular formula is C27H25F3N4O. The maximum absolute atomic E-state index is 13.6. The van der Waals surface area contributed by atoms with Gasteiger partial charge in [-0.1, -0.05) is 42.5 Å². The molecule has 35 heavy (non-hydrogen) atoms. The van der Waals surface area contributed by atoms with Crippen LogP contribution in [0.2, 0.25) is 0 Å². The predicted octanol–water partition coefficient (Wildman–Crippen LogP) is 5.75. The van der Waals surface area contributed by atoms with Crippen molar-refractivity contribution in [2.75, 3.05) is 13.1 Å². The lowest BCUT2D eigenvalue weighted by molar-refractivity contribution is -0.137. The molecule has 1 aliphatic rings. The number of fused-ring (bicyclic) bond motifs is 1. The minimum absolute atomic E-state index is 0.100. The Labute approximate surface area is 201 Å². The second-order valence-corrected chi connectivity index (χ2v) is 9.06. The topological polar surface area (TPSA) is 51.0 Å². The summed E-state index contributed by atoms with van der Waals surface area (Å²) >= 11 is 0. The highest BCUT2D eigenvalue weighted by atomic mass is 19.4. The smallest absolute Gasteiger partial charge is 0.339 e. The molecule has 1 saturated heterocycles. The van der Waals surface area contributed by atoms with Crippen molar-refractivity contribution in [3.8, 4) is 11.3 Å². The van der Waals surface area contributed by atoms with Gasteiger partial charge in [0.2, 0.25) is 0 Å². The van der Waals surface area contributed by atoms with Crippen LogP contribution in [0.25, 0.3) is 22.3 Å². The monoisotopic (exact) mass is 478 g/mol. The summed E-state index contributed by atoms with van der Waals surface area (Å²) in [5.41, 5.74) is 2.53. The van der Waals surface area contributed by atoms with Gasteiger partial charge in [0.05, 0.1) is 28.4 Å². The fourth-order valence-electron chi connectivity index (χ4n) is 4.73. The van der Waals surface area contributed by atoms with E-state index in [0.717, 1.165) is 31.4 Å². The minimum atomic E-state index is -4.41. The normalized spacial score (nSPS) is 15.0. The van der Waals surface area contributed by atoms with E-state index >= 15 is 0 Å². The van der Waals surface area contributed by atoms with Crippen LogP contribution >= 0.6 is 0 Å². The van der Waals surface area contributed by atoms with Crippen molar-refractivity contribution < 1.29 is 18.0 Å². The summed E-state index contributed by atoms with van der Waals surface area (Å²) in [6.07, 6.45) is 0.0599. The van der Waals surface area contributed by atoms with Gasteiger partial charge < -0.3 is 4.90 Å². The lowest BCUT2D eigenvalue weighted by Gasteiger charge is -2.32. The average Bonchev–Trinajstić information content (AvgIpc) is 3.24. The number of rotatable bonds is 4. The quantitative estimate of drug-likeness (QED) is 0.375. The Kier molecular flexibility index (Phi) is 6.05. The molecule has 4 aromatic rings. The van der Waals surface area contributed by atoms with Gasteiger partial charge in [-0.25, -0.2) is 4.98 Å². The number of hydrogen-bond acceptors (Lipinski definition) is 3. The number of aromatic nitrogens is 3. The molecule has 2 aromatic heterocycles. The maximum atomic E-state index is 13.6. The van der Waals surface area contributed by atoms with Crippen LogP contribution in [0.4, 0.5) is 13.2 Å². The molecule has 3 heterocycles. The summed E-state index contributed by atoms with van der Waals surface area (Å²) < 4.78 is 40.5. The Morgan fingerprint density at radius 3 is 2.37 bits per heavy atom. The fraction of sp³-hybridized carbons (Fsp3) is 0.296. The zero-order valence-electron chi connectivity index (χ0n) is 19.3. The van der Waals surface area contributed by atoms with Crippen molar-refractivity contribution in [3.63, 3.8) is 0 Å². The summed E-state index contributed by atoms with van der Waals surface area (Å²) in [6.45, 7) is 1.33.